The van der Waals surface area contributed by atoms with Gasteiger partial charge in [-0.15, -0.1) is 0 Å². The highest BCUT2D eigenvalue weighted by molar-refractivity contribution is 5.22. The van der Waals surface area contributed by atoms with Crippen molar-refractivity contribution in [2.45, 2.75) is 18.3 Å². The third-order valence-electron chi connectivity index (χ3n) is 2.61. The van der Waals surface area contributed by atoms with Crippen LogP contribution in [-0.4, -0.2) is 42.2 Å². The number of ether oxygens (including phenoxy) is 2. The van der Waals surface area contributed by atoms with E-state index in [1.807, 2.05) is 30.3 Å². The maximum atomic E-state index is 8.82. The maximum absolute atomic E-state index is 8.82. The Kier molecular flexibility index (Phi) is 3.90. The summed E-state index contributed by atoms with van der Waals surface area (Å²) in [5, 5.41) is 17.6. The molecule has 2 unspecified atom stereocenters. The van der Waals surface area contributed by atoms with Gasteiger partial charge in [0.25, 0.3) is 0 Å². The first-order chi connectivity index (χ1) is 7.85. The van der Waals surface area contributed by atoms with Gasteiger partial charge in [-0.3, -0.25) is 0 Å². The fourth-order valence-corrected chi connectivity index (χ4v) is 1.60. The zero-order chi connectivity index (χ0) is 11.4. The van der Waals surface area contributed by atoms with Gasteiger partial charge in [-0.1, -0.05) is 30.3 Å². The van der Waals surface area contributed by atoms with Crippen LogP contribution in [0.3, 0.4) is 0 Å². The Morgan fingerprint density at radius 1 is 1.19 bits per heavy atom. The minimum Gasteiger partial charge on any atom is -0.394 e. The number of aliphatic hydroxyl groups excluding tert-OH is 2. The lowest BCUT2D eigenvalue weighted by molar-refractivity contribution is -0.0247. The second-order valence-electron chi connectivity index (χ2n) is 3.83. The molecule has 0 radical (unpaired) electrons. The number of hydrogen-bond acceptors (Lipinski definition) is 4. The highest BCUT2D eigenvalue weighted by Gasteiger charge is 2.40. The van der Waals surface area contributed by atoms with Crippen LogP contribution in [0.5, 0.6) is 0 Å². The molecule has 0 aliphatic carbocycles. The Bertz CT molecular complexity index is 310. The Hall–Kier alpha value is -0.940. The molecule has 1 aliphatic heterocycles. The van der Waals surface area contributed by atoms with Gasteiger partial charge in [0.15, 0.2) is 0 Å². The molecular formula is C12H16O4. The summed E-state index contributed by atoms with van der Waals surface area (Å²) in [5.41, 5.74) is 1.14. The Labute approximate surface area is 94.4 Å². The predicted molar refractivity (Wildman–Crippen MR) is 58.0 cm³/mol. The molecule has 1 aliphatic rings. The standard InChI is InChI=1S/C12H16O4/c13-6-10(7-14)15-8-11-12(16-11)9-4-2-1-3-5-9/h1-5,10-14H,6-8H2. The molecule has 1 aromatic carbocycles. The molecule has 2 N–H and O–H groups in total. The summed E-state index contributed by atoms with van der Waals surface area (Å²) in [6, 6.07) is 9.93. The van der Waals surface area contributed by atoms with Gasteiger partial charge in [0.05, 0.1) is 19.8 Å². The Balaban J connectivity index is 1.75. The average Bonchev–Trinajstić information content (AvgIpc) is 3.11. The van der Waals surface area contributed by atoms with Gasteiger partial charge in [0, 0.05) is 0 Å². The van der Waals surface area contributed by atoms with Gasteiger partial charge in [0.1, 0.15) is 18.3 Å². The first-order valence-electron chi connectivity index (χ1n) is 5.39. The topological polar surface area (TPSA) is 62.2 Å². The van der Waals surface area contributed by atoms with Crippen LogP contribution in [-0.2, 0) is 9.47 Å². The van der Waals surface area contributed by atoms with E-state index in [1.54, 1.807) is 0 Å². The maximum Gasteiger partial charge on any atom is 0.112 e. The Morgan fingerprint density at radius 3 is 2.50 bits per heavy atom. The van der Waals surface area contributed by atoms with Gasteiger partial charge in [-0.2, -0.15) is 0 Å². The monoisotopic (exact) mass is 224 g/mol. The summed E-state index contributed by atoms with van der Waals surface area (Å²) in [6.07, 6.45) is -0.358. The van der Waals surface area contributed by atoms with Gasteiger partial charge in [-0.05, 0) is 5.56 Å². The van der Waals surface area contributed by atoms with Crippen LogP contribution in [0.2, 0.25) is 0 Å². The van der Waals surface area contributed by atoms with Crippen molar-refractivity contribution in [1.29, 1.82) is 0 Å². The highest BCUT2D eigenvalue weighted by atomic mass is 16.6. The summed E-state index contributed by atoms with van der Waals surface area (Å²) in [6.45, 7) is 0.0732. The average molecular weight is 224 g/mol. The summed E-state index contributed by atoms with van der Waals surface area (Å²) < 4.78 is 10.7. The molecule has 4 heteroatoms. The fraction of sp³-hybridized carbons (Fsp3) is 0.500. The van der Waals surface area contributed by atoms with E-state index < -0.39 is 6.10 Å². The molecule has 2 rings (SSSR count). The van der Waals surface area contributed by atoms with Gasteiger partial charge in [-0.25, -0.2) is 0 Å². The van der Waals surface area contributed by atoms with Crippen LogP contribution in [0.1, 0.15) is 11.7 Å². The second-order valence-corrected chi connectivity index (χ2v) is 3.83. The van der Waals surface area contributed by atoms with Gasteiger partial charge < -0.3 is 19.7 Å². The van der Waals surface area contributed by atoms with E-state index in [4.69, 9.17) is 19.7 Å². The van der Waals surface area contributed by atoms with E-state index in [-0.39, 0.29) is 25.4 Å². The van der Waals surface area contributed by atoms with Crippen LogP contribution in [0.25, 0.3) is 0 Å². The molecule has 0 spiro atoms. The molecule has 1 heterocycles. The second kappa shape index (κ2) is 5.41. The highest BCUT2D eigenvalue weighted by Crippen LogP contribution is 2.38. The number of rotatable bonds is 6. The van der Waals surface area contributed by atoms with E-state index in [0.29, 0.717) is 6.61 Å². The number of benzene rings is 1. The zero-order valence-electron chi connectivity index (χ0n) is 8.95. The molecule has 1 fully saturated rings. The van der Waals surface area contributed by atoms with Crippen LogP contribution in [0.15, 0.2) is 30.3 Å². The predicted octanol–water partition coefficient (Wildman–Crippen LogP) is 0.496. The number of hydrogen-bond donors (Lipinski definition) is 2. The van der Waals surface area contributed by atoms with E-state index in [1.165, 1.54) is 0 Å². The quantitative estimate of drug-likeness (QED) is 0.691. The van der Waals surface area contributed by atoms with Crippen molar-refractivity contribution in [1.82, 2.24) is 0 Å². The smallest absolute Gasteiger partial charge is 0.112 e. The van der Waals surface area contributed by atoms with E-state index in [2.05, 4.69) is 0 Å². The van der Waals surface area contributed by atoms with Crippen LogP contribution in [0, 0.1) is 0 Å². The SMILES string of the molecule is OCC(CO)OCC1OC1c1ccccc1. The molecule has 0 saturated carbocycles. The lowest BCUT2D eigenvalue weighted by atomic mass is 10.1. The summed E-state index contributed by atoms with van der Waals surface area (Å²) in [5.74, 6) is 0. The molecule has 4 nitrogen and oxygen atoms in total. The molecule has 16 heavy (non-hydrogen) atoms. The zero-order valence-corrected chi connectivity index (χ0v) is 8.95. The van der Waals surface area contributed by atoms with Crippen molar-refractivity contribution in [3.63, 3.8) is 0 Å². The minimum atomic E-state index is -0.499. The molecule has 88 valence electrons. The van der Waals surface area contributed by atoms with E-state index in [9.17, 15) is 0 Å². The third-order valence-corrected chi connectivity index (χ3v) is 2.61. The molecular weight excluding hydrogens is 208 g/mol. The van der Waals surface area contributed by atoms with Crippen LogP contribution >= 0.6 is 0 Å². The number of aliphatic hydroxyl groups is 2. The van der Waals surface area contributed by atoms with Gasteiger partial charge in [0.2, 0.25) is 0 Å². The van der Waals surface area contributed by atoms with Crippen molar-refractivity contribution in [3.8, 4) is 0 Å². The van der Waals surface area contributed by atoms with Crippen molar-refractivity contribution in [2.75, 3.05) is 19.8 Å². The molecule has 2 atom stereocenters. The molecule has 0 amide bonds. The molecule has 1 saturated heterocycles. The minimum absolute atomic E-state index is 0.0444. The van der Waals surface area contributed by atoms with E-state index in [0.717, 1.165) is 5.56 Å². The fourth-order valence-electron chi connectivity index (χ4n) is 1.60. The lowest BCUT2D eigenvalue weighted by Crippen LogP contribution is -2.24. The molecule has 0 aromatic heterocycles. The van der Waals surface area contributed by atoms with Crippen molar-refractivity contribution >= 4 is 0 Å². The summed E-state index contributed by atoms with van der Waals surface area (Å²) in [4.78, 5) is 0. The normalized spacial score (nSPS) is 23.7. The van der Waals surface area contributed by atoms with Crippen molar-refractivity contribution < 1.29 is 19.7 Å². The third kappa shape index (κ3) is 2.80. The summed E-state index contributed by atoms with van der Waals surface area (Å²) >= 11 is 0. The largest absolute Gasteiger partial charge is 0.394 e. The number of epoxide rings is 1. The van der Waals surface area contributed by atoms with E-state index >= 15 is 0 Å². The van der Waals surface area contributed by atoms with Crippen molar-refractivity contribution in [3.05, 3.63) is 35.9 Å². The van der Waals surface area contributed by atoms with Crippen LogP contribution < -0.4 is 0 Å². The first-order valence-corrected chi connectivity index (χ1v) is 5.39. The van der Waals surface area contributed by atoms with Crippen LogP contribution in [0.4, 0.5) is 0 Å². The first kappa shape index (κ1) is 11.5. The van der Waals surface area contributed by atoms with Crippen molar-refractivity contribution in [2.24, 2.45) is 0 Å². The summed E-state index contributed by atoms with van der Waals surface area (Å²) in [7, 11) is 0. The van der Waals surface area contributed by atoms with Gasteiger partial charge >= 0.3 is 0 Å². The molecule has 0 bridgehead atoms. The Morgan fingerprint density at radius 2 is 1.88 bits per heavy atom. The lowest BCUT2D eigenvalue weighted by Gasteiger charge is -2.10. The molecule has 1 aromatic rings.